The molecule has 0 spiro atoms. The van der Waals surface area contributed by atoms with Gasteiger partial charge in [0.15, 0.2) is 0 Å². The van der Waals surface area contributed by atoms with Gasteiger partial charge in [-0.2, -0.15) is 0 Å². The predicted octanol–water partition coefficient (Wildman–Crippen LogP) is 3.48. The fourth-order valence-corrected chi connectivity index (χ4v) is 1.98. The van der Waals surface area contributed by atoms with Crippen LogP contribution in [0, 0.1) is 12.8 Å². The van der Waals surface area contributed by atoms with Gasteiger partial charge in [-0.15, -0.1) is 0 Å². The Morgan fingerprint density at radius 1 is 1.29 bits per heavy atom. The smallest absolute Gasteiger partial charge is 0.313 e. The molecular weight excluding hydrogens is 212 g/mol. The quantitative estimate of drug-likeness (QED) is 0.727. The normalized spacial score (nSPS) is 14.2. The summed E-state index contributed by atoms with van der Waals surface area (Å²) >= 11 is 0. The number of hydrogen-bond acceptors (Lipinski definition) is 2. The van der Waals surface area contributed by atoms with E-state index in [4.69, 9.17) is 4.74 Å². The Morgan fingerprint density at radius 2 is 2.06 bits per heavy atom. The standard InChI is InChI=1S/C15H18O2/c1-10(2)15(16)17-13-8-7-12-6-4-5-11(3)14(12)9-13/h4-6,9-10H,7-8H2,1-3H3. The SMILES string of the molecule is Cc1cccc2c1C=C(OC(=O)C(C)C)CC2. The highest BCUT2D eigenvalue weighted by atomic mass is 16.5. The lowest BCUT2D eigenvalue weighted by Gasteiger charge is -2.18. The summed E-state index contributed by atoms with van der Waals surface area (Å²) in [5.41, 5.74) is 3.79. The van der Waals surface area contributed by atoms with Gasteiger partial charge in [0.05, 0.1) is 5.92 Å². The second kappa shape index (κ2) is 4.74. The maximum atomic E-state index is 11.5. The monoisotopic (exact) mass is 230 g/mol. The molecule has 0 aromatic heterocycles. The maximum Gasteiger partial charge on any atom is 0.313 e. The minimum absolute atomic E-state index is 0.0748. The van der Waals surface area contributed by atoms with Crippen LogP contribution in [-0.4, -0.2) is 5.97 Å². The lowest BCUT2D eigenvalue weighted by atomic mass is 9.93. The summed E-state index contributed by atoms with van der Waals surface area (Å²) in [6.07, 6.45) is 3.78. The zero-order chi connectivity index (χ0) is 12.4. The van der Waals surface area contributed by atoms with Gasteiger partial charge in [-0.3, -0.25) is 4.79 Å². The van der Waals surface area contributed by atoms with Crippen LogP contribution in [0.3, 0.4) is 0 Å². The number of benzene rings is 1. The summed E-state index contributed by atoms with van der Waals surface area (Å²) in [6.45, 7) is 5.79. The Labute approximate surface area is 102 Å². The van der Waals surface area contributed by atoms with Gasteiger partial charge in [-0.25, -0.2) is 0 Å². The first-order chi connectivity index (χ1) is 8.08. The van der Waals surface area contributed by atoms with Crippen LogP contribution in [0.1, 0.15) is 37.0 Å². The number of allylic oxidation sites excluding steroid dienone is 1. The summed E-state index contributed by atoms with van der Waals surface area (Å²) in [5, 5.41) is 0. The molecule has 2 nitrogen and oxygen atoms in total. The highest BCUT2D eigenvalue weighted by molar-refractivity contribution is 5.74. The van der Waals surface area contributed by atoms with E-state index < -0.39 is 0 Å². The first-order valence-corrected chi connectivity index (χ1v) is 6.08. The third kappa shape index (κ3) is 2.57. The molecule has 0 saturated heterocycles. The molecule has 2 heteroatoms. The molecule has 1 aromatic rings. The van der Waals surface area contributed by atoms with Crippen LogP contribution < -0.4 is 0 Å². The average molecular weight is 230 g/mol. The van der Waals surface area contributed by atoms with Gasteiger partial charge in [-0.05, 0) is 36.1 Å². The molecule has 0 amide bonds. The number of carbonyl (C=O) groups is 1. The Balaban J connectivity index is 2.23. The average Bonchev–Trinajstić information content (AvgIpc) is 2.30. The molecule has 1 aromatic carbocycles. The molecule has 0 bridgehead atoms. The maximum absolute atomic E-state index is 11.5. The van der Waals surface area contributed by atoms with Crippen LogP contribution in [0.5, 0.6) is 0 Å². The topological polar surface area (TPSA) is 26.3 Å². The Hall–Kier alpha value is -1.57. The number of rotatable bonds is 2. The molecule has 0 unspecified atom stereocenters. The van der Waals surface area contributed by atoms with E-state index in [2.05, 4.69) is 25.1 Å². The van der Waals surface area contributed by atoms with Crippen molar-refractivity contribution in [2.24, 2.45) is 5.92 Å². The number of ether oxygens (including phenoxy) is 1. The van der Waals surface area contributed by atoms with Crippen LogP contribution >= 0.6 is 0 Å². The van der Waals surface area contributed by atoms with Crippen molar-refractivity contribution in [3.8, 4) is 0 Å². The van der Waals surface area contributed by atoms with Gasteiger partial charge in [0.1, 0.15) is 5.76 Å². The summed E-state index contributed by atoms with van der Waals surface area (Å²) < 4.78 is 5.39. The molecule has 0 saturated carbocycles. The molecule has 0 N–H and O–H groups in total. The summed E-state index contributed by atoms with van der Waals surface area (Å²) in [4.78, 5) is 11.5. The first kappa shape index (κ1) is 11.9. The lowest BCUT2D eigenvalue weighted by Crippen LogP contribution is -2.13. The fraction of sp³-hybridized carbons (Fsp3) is 0.400. The summed E-state index contributed by atoms with van der Waals surface area (Å²) in [7, 11) is 0. The van der Waals surface area contributed by atoms with Crippen LogP contribution in [0.2, 0.25) is 0 Å². The minimum atomic E-state index is -0.145. The van der Waals surface area contributed by atoms with E-state index in [1.165, 1.54) is 16.7 Å². The first-order valence-electron chi connectivity index (χ1n) is 6.08. The third-order valence-electron chi connectivity index (χ3n) is 3.06. The van der Waals surface area contributed by atoms with E-state index >= 15 is 0 Å². The Morgan fingerprint density at radius 3 is 2.76 bits per heavy atom. The highest BCUT2D eigenvalue weighted by Crippen LogP contribution is 2.27. The van der Waals surface area contributed by atoms with Crippen LogP contribution in [0.4, 0.5) is 0 Å². The van der Waals surface area contributed by atoms with Crippen molar-refractivity contribution in [2.75, 3.05) is 0 Å². The van der Waals surface area contributed by atoms with Crippen molar-refractivity contribution in [3.05, 3.63) is 40.6 Å². The van der Waals surface area contributed by atoms with Crippen molar-refractivity contribution in [2.45, 2.75) is 33.6 Å². The van der Waals surface area contributed by atoms with Crippen molar-refractivity contribution < 1.29 is 9.53 Å². The van der Waals surface area contributed by atoms with Gasteiger partial charge in [0.25, 0.3) is 0 Å². The largest absolute Gasteiger partial charge is 0.431 e. The highest BCUT2D eigenvalue weighted by Gasteiger charge is 2.16. The van der Waals surface area contributed by atoms with E-state index in [1.807, 2.05) is 19.9 Å². The zero-order valence-electron chi connectivity index (χ0n) is 10.6. The van der Waals surface area contributed by atoms with Crippen molar-refractivity contribution >= 4 is 12.0 Å². The van der Waals surface area contributed by atoms with Crippen LogP contribution in [0.25, 0.3) is 6.08 Å². The molecule has 0 radical (unpaired) electrons. The number of fused-ring (bicyclic) bond motifs is 1. The van der Waals surface area contributed by atoms with E-state index in [9.17, 15) is 4.79 Å². The summed E-state index contributed by atoms with van der Waals surface area (Å²) in [5.74, 6) is 0.577. The zero-order valence-corrected chi connectivity index (χ0v) is 10.6. The molecule has 0 aliphatic heterocycles. The van der Waals surface area contributed by atoms with Gasteiger partial charge < -0.3 is 4.74 Å². The van der Waals surface area contributed by atoms with Gasteiger partial charge in [0.2, 0.25) is 0 Å². The van der Waals surface area contributed by atoms with Gasteiger partial charge in [-0.1, -0.05) is 32.0 Å². The second-order valence-corrected chi connectivity index (χ2v) is 4.83. The van der Waals surface area contributed by atoms with E-state index in [0.717, 1.165) is 18.6 Å². The summed E-state index contributed by atoms with van der Waals surface area (Å²) in [6, 6.07) is 6.30. The molecule has 0 atom stereocenters. The number of aryl methyl sites for hydroxylation is 2. The van der Waals surface area contributed by atoms with Crippen molar-refractivity contribution in [1.29, 1.82) is 0 Å². The predicted molar refractivity (Wildman–Crippen MR) is 68.4 cm³/mol. The number of carbonyl (C=O) groups excluding carboxylic acids is 1. The molecular formula is C15H18O2. The molecule has 90 valence electrons. The van der Waals surface area contributed by atoms with Crippen molar-refractivity contribution in [3.63, 3.8) is 0 Å². The third-order valence-corrected chi connectivity index (χ3v) is 3.06. The second-order valence-electron chi connectivity index (χ2n) is 4.83. The fourth-order valence-electron chi connectivity index (χ4n) is 1.98. The molecule has 2 rings (SSSR count). The Kier molecular flexibility index (Phi) is 3.32. The van der Waals surface area contributed by atoms with Crippen LogP contribution in [-0.2, 0) is 16.0 Å². The van der Waals surface area contributed by atoms with E-state index in [0.29, 0.717) is 0 Å². The lowest BCUT2D eigenvalue weighted by molar-refractivity contribution is -0.143. The molecule has 0 fully saturated rings. The van der Waals surface area contributed by atoms with E-state index in [1.54, 1.807) is 0 Å². The molecule has 1 aliphatic rings. The Bertz CT molecular complexity index is 470. The van der Waals surface area contributed by atoms with Gasteiger partial charge in [0, 0.05) is 6.42 Å². The minimum Gasteiger partial charge on any atom is -0.431 e. The number of esters is 1. The molecule has 17 heavy (non-hydrogen) atoms. The molecule has 0 heterocycles. The molecule has 1 aliphatic carbocycles. The van der Waals surface area contributed by atoms with Gasteiger partial charge >= 0.3 is 5.97 Å². The van der Waals surface area contributed by atoms with Crippen LogP contribution in [0.15, 0.2) is 24.0 Å². The van der Waals surface area contributed by atoms with Crippen molar-refractivity contribution in [1.82, 2.24) is 0 Å². The van der Waals surface area contributed by atoms with E-state index in [-0.39, 0.29) is 11.9 Å². The number of hydrogen-bond donors (Lipinski definition) is 0.